The van der Waals surface area contributed by atoms with Crippen molar-refractivity contribution < 1.29 is 0 Å². The summed E-state index contributed by atoms with van der Waals surface area (Å²) in [6.07, 6.45) is 4.49. The molecule has 0 amide bonds. The summed E-state index contributed by atoms with van der Waals surface area (Å²) in [7, 11) is 0. The predicted octanol–water partition coefficient (Wildman–Crippen LogP) is 3.80. The van der Waals surface area contributed by atoms with E-state index in [1.165, 1.54) is 11.1 Å². The molecule has 1 heterocycles. The molecule has 0 spiro atoms. The molecular formula is C17H17N3. The first-order valence-corrected chi connectivity index (χ1v) is 6.88. The average molecular weight is 263 g/mol. The Labute approximate surface area is 118 Å². The molecule has 0 unspecified atom stereocenters. The topological polar surface area (TPSA) is 37.8 Å². The van der Waals surface area contributed by atoms with Gasteiger partial charge in [-0.15, -0.1) is 0 Å². The van der Waals surface area contributed by atoms with Crippen LogP contribution in [-0.2, 0) is 13.0 Å². The van der Waals surface area contributed by atoms with Crippen LogP contribution in [0.15, 0.2) is 54.9 Å². The maximum absolute atomic E-state index is 4.33. The summed E-state index contributed by atoms with van der Waals surface area (Å²) in [4.78, 5) is 8.61. The van der Waals surface area contributed by atoms with Gasteiger partial charge in [0.15, 0.2) is 0 Å². The van der Waals surface area contributed by atoms with E-state index in [0.29, 0.717) is 0 Å². The Kier molecular flexibility index (Phi) is 3.59. The van der Waals surface area contributed by atoms with Crippen LogP contribution in [0.1, 0.15) is 18.1 Å². The smallest absolute Gasteiger partial charge is 0.0907 e. The molecule has 0 atom stereocenters. The number of anilines is 1. The highest BCUT2D eigenvalue weighted by molar-refractivity contribution is 5.78. The van der Waals surface area contributed by atoms with Crippen molar-refractivity contribution in [1.82, 2.24) is 9.97 Å². The average Bonchev–Trinajstić information content (AvgIpc) is 2.53. The molecule has 20 heavy (non-hydrogen) atoms. The van der Waals surface area contributed by atoms with Crippen LogP contribution >= 0.6 is 0 Å². The lowest BCUT2D eigenvalue weighted by molar-refractivity contribution is 1.04. The lowest BCUT2D eigenvalue weighted by atomic mass is 10.1. The molecule has 0 saturated carbocycles. The van der Waals surface area contributed by atoms with Gasteiger partial charge in [0, 0.05) is 24.6 Å². The molecule has 0 aliphatic carbocycles. The first kappa shape index (κ1) is 12.6. The molecule has 3 aromatic rings. The first-order chi connectivity index (χ1) is 9.86. The third-order valence-electron chi connectivity index (χ3n) is 3.45. The maximum atomic E-state index is 4.33. The summed E-state index contributed by atoms with van der Waals surface area (Å²) in [6, 6.07) is 14.6. The van der Waals surface area contributed by atoms with Crippen molar-refractivity contribution in [2.24, 2.45) is 0 Å². The van der Waals surface area contributed by atoms with Gasteiger partial charge >= 0.3 is 0 Å². The minimum absolute atomic E-state index is 0.829. The molecule has 0 fully saturated rings. The van der Waals surface area contributed by atoms with E-state index in [-0.39, 0.29) is 0 Å². The number of nitrogens with one attached hydrogen (secondary N) is 1. The second-order valence-electron chi connectivity index (χ2n) is 4.74. The zero-order chi connectivity index (χ0) is 13.8. The standard InChI is InChI=1S/C17H17N3/c1-2-13-5-3-4-6-14(13)12-20-15-7-8-16-17(11-15)19-10-9-18-16/h3-11,20H,2,12H2,1H3. The maximum Gasteiger partial charge on any atom is 0.0907 e. The van der Waals surface area contributed by atoms with E-state index in [9.17, 15) is 0 Å². The van der Waals surface area contributed by atoms with Gasteiger partial charge in [-0.1, -0.05) is 31.2 Å². The van der Waals surface area contributed by atoms with Crippen LogP contribution in [-0.4, -0.2) is 9.97 Å². The highest BCUT2D eigenvalue weighted by Gasteiger charge is 2.01. The van der Waals surface area contributed by atoms with Crippen LogP contribution in [0.3, 0.4) is 0 Å². The van der Waals surface area contributed by atoms with Crippen molar-refractivity contribution in [2.45, 2.75) is 19.9 Å². The van der Waals surface area contributed by atoms with Crippen LogP contribution in [0.25, 0.3) is 11.0 Å². The van der Waals surface area contributed by atoms with Crippen molar-refractivity contribution in [3.05, 3.63) is 66.0 Å². The van der Waals surface area contributed by atoms with Gasteiger partial charge in [0.05, 0.1) is 11.0 Å². The molecule has 3 heteroatoms. The molecule has 0 aliphatic rings. The van der Waals surface area contributed by atoms with Gasteiger partial charge in [-0.2, -0.15) is 0 Å². The van der Waals surface area contributed by atoms with Crippen molar-refractivity contribution in [1.29, 1.82) is 0 Å². The van der Waals surface area contributed by atoms with E-state index in [1.807, 2.05) is 18.2 Å². The van der Waals surface area contributed by atoms with Crippen LogP contribution < -0.4 is 5.32 Å². The summed E-state index contributed by atoms with van der Waals surface area (Å²) >= 11 is 0. The number of aromatic nitrogens is 2. The van der Waals surface area contributed by atoms with E-state index in [0.717, 1.165) is 29.7 Å². The van der Waals surface area contributed by atoms with Crippen LogP contribution in [0.4, 0.5) is 5.69 Å². The second-order valence-corrected chi connectivity index (χ2v) is 4.74. The molecule has 0 aliphatic heterocycles. The number of hydrogen-bond donors (Lipinski definition) is 1. The predicted molar refractivity (Wildman–Crippen MR) is 82.7 cm³/mol. The molecule has 100 valence electrons. The lowest BCUT2D eigenvalue weighted by Crippen LogP contribution is -2.02. The van der Waals surface area contributed by atoms with E-state index in [2.05, 4.69) is 46.5 Å². The summed E-state index contributed by atoms with van der Waals surface area (Å²) in [5, 5.41) is 3.46. The Bertz CT molecular complexity index is 722. The number of rotatable bonds is 4. The molecule has 1 aromatic heterocycles. The van der Waals surface area contributed by atoms with Gasteiger partial charge in [0.1, 0.15) is 0 Å². The van der Waals surface area contributed by atoms with E-state index >= 15 is 0 Å². The normalized spacial score (nSPS) is 10.7. The van der Waals surface area contributed by atoms with Gasteiger partial charge in [-0.3, -0.25) is 9.97 Å². The van der Waals surface area contributed by atoms with Crippen molar-refractivity contribution in [3.8, 4) is 0 Å². The Hall–Kier alpha value is -2.42. The minimum Gasteiger partial charge on any atom is -0.381 e. The molecule has 0 bridgehead atoms. The third kappa shape index (κ3) is 2.62. The Morgan fingerprint density at radius 3 is 2.45 bits per heavy atom. The van der Waals surface area contributed by atoms with E-state index in [1.54, 1.807) is 12.4 Å². The summed E-state index contributed by atoms with van der Waals surface area (Å²) in [6.45, 7) is 3.01. The summed E-state index contributed by atoms with van der Waals surface area (Å²) in [5.41, 5.74) is 5.65. The van der Waals surface area contributed by atoms with E-state index in [4.69, 9.17) is 0 Å². The molecule has 1 N–H and O–H groups in total. The highest BCUT2D eigenvalue weighted by atomic mass is 14.9. The van der Waals surface area contributed by atoms with Crippen LogP contribution in [0, 0.1) is 0 Å². The van der Waals surface area contributed by atoms with Gasteiger partial charge in [-0.25, -0.2) is 0 Å². The fourth-order valence-corrected chi connectivity index (χ4v) is 2.35. The van der Waals surface area contributed by atoms with Crippen molar-refractivity contribution >= 4 is 16.7 Å². The van der Waals surface area contributed by atoms with Gasteiger partial charge in [0.25, 0.3) is 0 Å². The Morgan fingerprint density at radius 1 is 0.900 bits per heavy atom. The number of hydrogen-bond acceptors (Lipinski definition) is 3. The largest absolute Gasteiger partial charge is 0.381 e. The highest BCUT2D eigenvalue weighted by Crippen LogP contribution is 2.17. The van der Waals surface area contributed by atoms with Crippen LogP contribution in [0.5, 0.6) is 0 Å². The van der Waals surface area contributed by atoms with E-state index < -0.39 is 0 Å². The van der Waals surface area contributed by atoms with Gasteiger partial charge in [0.2, 0.25) is 0 Å². The Balaban J connectivity index is 1.79. The number of aryl methyl sites for hydroxylation is 1. The SMILES string of the molecule is CCc1ccccc1CNc1ccc2nccnc2c1. The molecule has 3 rings (SSSR count). The summed E-state index contributed by atoms with van der Waals surface area (Å²) < 4.78 is 0. The number of benzene rings is 2. The molecule has 2 aromatic carbocycles. The molecule has 0 radical (unpaired) electrons. The monoisotopic (exact) mass is 263 g/mol. The Morgan fingerprint density at radius 2 is 1.65 bits per heavy atom. The lowest BCUT2D eigenvalue weighted by Gasteiger charge is -2.10. The fraction of sp³-hybridized carbons (Fsp3) is 0.176. The van der Waals surface area contributed by atoms with Crippen molar-refractivity contribution in [2.75, 3.05) is 5.32 Å². The quantitative estimate of drug-likeness (QED) is 0.778. The molecule has 3 nitrogen and oxygen atoms in total. The number of fused-ring (bicyclic) bond motifs is 1. The van der Waals surface area contributed by atoms with Gasteiger partial charge < -0.3 is 5.32 Å². The fourth-order valence-electron chi connectivity index (χ4n) is 2.35. The minimum atomic E-state index is 0.829. The van der Waals surface area contributed by atoms with Gasteiger partial charge in [-0.05, 0) is 35.7 Å². The van der Waals surface area contributed by atoms with Crippen molar-refractivity contribution in [3.63, 3.8) is 0 Å². The van der Waals surface area contributed by atoms with Crippen LogP contribution in [0.2, 0.25) is 0 Å². The number of nitrogens with zero attached hydrogens (tertiary/aromatic N) is 2. The first-order valence-electron chi connectivity index (χ1n) is 6.88. The molecular weight excluding hydrogens is 246 g/mol. The zero-order valence-corrected chi connectivity index (χ0v) is 11.5. The second kappa shape index (κ2) is 5.70. The zero-order valence-electron chi connectivity index (χ0n) is 11.5. The molecule has 0 saturated heterocycles. The third-order valence-corrected chi connectivity index (χ3v) is 3.45. The summed E-state index contributed by atoms with van der Waals surface area (Å²) in [5.74, 6) is 0.